The average Bonchev–Trinajstić information content (AvgIpc) is 3.20. The predicted octanol–water partition coefficient (Wildman–Crippen LogP) is 1.18. The molecular weight excluding hydrogens is 288 g/mol. The Morgan fingerprint density at radius 2 is 2.33 bits per heavy atom. The molecule has 1 N–H and O–H groups in total. The van der Waals surface area contributed by atoms with Crippen LogP contribution in [0, 0.1) is 0 Å². The smallest absolute Gasteiger partial charge is 0.251 e. The molecule has 1 unspecified atom stereocenters. The molecule has 7 heteroatoms. The average molecular weight is 304 g/mol. The Morgan fingerprint density at radius 3 is 3.19 bits per heavy atom. The first-order valence-corrected chi connectivity index (χ1v) is 8.04. The topological polar surface area (TPSA) is 67.4 Å². The van der Waals surface area contributed by atoms with Crippen LogP contribution in [-0.2, 0) is 9.53 Å². The summed E-state index contributed by atoms with van der Waals surface area (Å²) in [5.41, 5.74) is 0.954. The fourth-order valence-corrected chi connectivity index (χ4v) is 3.38. The number of morpholine rings is 1. The van der Waals surface area contributed by atoms with Gasteiger partial charge in [-0.2, -0.15) is 0 Å². The number of anilines is 1. The molecule has 0 spiro atoms. The van der Waals surface area contributed by atoms with E-state index in [1.165, 1.54) is 0 Å². The molecular formula is C14H16N4O2S. The van der Waals surface area contributed by atoms with Crippen LogP contribution in [-0.4, -0.2) is 47.7 Å². The summed E-state index contributed by atoms with van der Waals surface area (Å²) in [7, 11) is 0. The molecule has 1 atom stereocenters. The van der Waals surface area contributed by atoms with Crippen LogP contribution in [0.15, 0.2) is 17.8 Å². The van der Waals surface area contributed by atoms with Crippen molar-refractivity contribution >= 4 is 33.3 Å². The highest BCUT2D eigenvalue weighted by Crippen LogP contribution is 2.29. The Morgan fingerprint density at radius 1 is 1.43 bits per heavy atom. The largest absolute Gasteiger partial charge is 0.365 e. The SMILES string of the molecule is O=C(NC1CC1)C1CN(c2ncnc3ccsc23)CCO1. The van der Waals surface area contributed by atoms with Crippen molar-refractivity contribution in [3.8, 4) is 0 Å². The molecule has 2 fully saturated rings. The quantitative estimate of drug-likeness (QED) is 0.922. The van der Waals surface area contributed by atoms with E-state index in [0.717, 1.165) is 35.4 Å². The monoisotopic (exact) mass is 304 g/mol. The van der Waals surface area contributed by atoms with Crippen molar-refractivity contribution in [3.63, 3.8) is 0 Å². The second-order valence-electron chi connectivity index (χ2n) is 5.42. The number of fused-ring (bicyclic) bond motifs is 1. The zero-order valence-corrected chi connectivity index (χ0v) is 12.3. The molecule has 0 aromatic carbocycles. The van der Waals surface area contributed by atoms with E-state index in [2.05, 4.69) is 20.2 Å². The van der Waals surface area contributed by atoms with Gasteiger partial charge in [-0.15, -0.1) is 11.3 Å². The van der Waals surface area contributed by atoms with Gasteiger partial charge in [0, 0.05) is 12.6 Å². The van der Waals surface area contributed by atoms with Crippen molar-refractivity contribution in [1.29, 1.82) is 0 Å². The van der Waals surface area contributed by atoms with Crippen LogP contribution in [0.25, 0.3) is 10.2 Å². The maximum absolute atomic E-state index is 12.1. The number of rotatable bonds is 3. The second-order valence-corrected chi connectivity index (χ2v) is 6.34. The highest BCUT2D eigenvalue weighted by molar-refractivity contribution is 7.17. The summed E-state index contributed by atoms with van der Waals surface area (Å²) >= 11 is 1.63. The van der Waals surface area contributed by atoms with E-state index in [0.29, 0.717) is 19.2 Å². The first kappa shape index (κ1) is 13.0. The van der Waals surface area contributed by atoms with Gasteiger partial charge >= 0.3 is 0 Å². The molecule has 1 aliphatic carbocycles. The van der Waals surface area contributed by atoms with Gasteiger partial charge in [-0.05, 0) is 24.3 Å². The van der Waals surface area contributed by atoms with E-state index in [1.807, 2.05) is 11.4 Å². The molecule has 1 saturated carbocycles. The minimum absolute atomic E-state index is 0.00122. The number of carbonyl (C=O) groups is 1. The number of ether oxygens (including phenoxy) is 1. The van der Waals surface area contributed by atoms with Crippen molar-refractivity contribution in [2.75, 3.05) is 24.6 Å². The molecule has 1 amide bonds. The highest BCUT2D eigenvalue weighted by Gasteiger charge is 2.32. The number of hydrogen-bond acceptors (Lipinski definition) is 6. The van der Waals surface area contributed by atoms with Gasteiger partial charge < -0.3 is 15.0 Å². The molecule has 1 saturated heterocycles. The Labute approximate surface area is 126 Å². The van der Waals surface area contributed by atoms with Crippen molar-refractivity contribution in [2.45, 2.75) is 25.0 Å². The van der Waals surface area contributed by atoms with Gasteiger partial charge in [0.15, 0.2) is 6.10 Å². The summed E-state index contributed by atoms with van der Waals surface area (Å²) in [5.74, 6) is 0.904. The minimum atomic E-state index is -0.413. The van der Waals surface area contributed by atoms with Crippen LogP contribution in [0.2, 0.25) is 0 Å². The molecule has 2 aliphatic rings. The van der Waals surface area contributed by atoms with Gasteiger partial charge in [0.05, 0.1) is 23.4 Å². The number of aromatic nitrogens is 2. The van der Waals surface area contributed by atoms with E-state index in [-0.39, 0.29) is 5.91 Å². The highest BCUT2D eigenvalue weighted by atomic mass is 32.1. The molecule has 0 bridgehead atoms. The molecule has 1 aliphatic heterocycles. The summed E-state index contributed by atoms with van der Waals surface area (Å²) in [6.45, 7) is 1.83. The molecule has 4 rings (SSSR count). The summed E-state index contributed by atoms with van der Waals surface area (Å²) in [6.07, 6.45) is 3.34. The maximum Gasteiger partial charge on any atom is 0.251 e. The van der Waals surface area contributed by atoms with E-state index in [4.69, 9.17) is 4.74 Å². The number of nitrogens with zero attached hydrogens (tertiary/aromatic N) is 3. The first-order valence-electron chi connectivity index (χ1n) is 7.16. The van der Waals surface area contributed by atoms with Gasteiger partial charge in [-0.25, -0.2) is 9.97 Å². The number of nitrogens with one attached hydrogen (secondary N) is 1. The first-order chi connectivity index (χ1) is 10.3. The minimum Gasteiger partial charge on any atom is -0.365 e. The normalized spacial score (nSPS) is 22.5. The summed E-state index contributed by atoms with van der Waals surface area (Å²) < 4.78 is 6.69. The Balaban J connectivity index is 1.54. The van der Waals surface area contributed by atoms with Crippen LogP contribution in [0.1, 0.15) is 12.8 Å². The summed E-state index contributed by atoms with van der Waals surface area (Å²) in [5, 5.41) is 5.02. The molecule has 0 radical (unpaired) electrons. The molecule has 3 heterocycles. The van der Waals surface area contributed by atoms with E-state index < -0.39 is 6.10 Å². The zero-order chi connectivity index (χ0) is 14.2. The Kier molecular flexibility index (Phi) is 3.23. The number of thiophene rings is 1. The lowest BCUT2D eigenvalue weighted by Gasteiger charge is -2.33. The van der Waals surface area contributed by atoms with Crippen molar-refractivity contribution in [2.24, 2.45) is 0 Å². The maximum atomic E-state index is 12.1. The van der Waals surface area contributed by atoms with Gasteiger partial charge in [-0.3, -0.25) is 4.79 Å². The lowest BCUT2D eigenvalue weighted by atomic mass is 10.2. The Bertz CT molecular complexity index is 670. The van der Waals surface area contributed by atoms with Crippen molar-refractivity contribution in [3.05, 3.63) is 17.8 Å². The van der Waals surface area contributed by atoms with Crippen LogP contribution in [0.3, 0.4) is 0 Å². The lowest BCUT2D eigenvalue weighted by Crippen LogP contribution is -2.50. The van der Waals surface area contributed by atoms with Crippen LogP contribution in [0.4, 0.5) is 5.82 Å². The van der Waals surface area contributed by atoms with E-state index >= 15 is 0 Å². The fourth-order valence-electron chi connectivity index (χ4n) is 2.52. The zero-order valence-electron chi connectivity index (χ0n) is 11.5. The number of hydrogen-bond donors (Lipinski definition) is 1. The van der Waals surface area contributed by atoms with Gasteiger partial charge in [0.1, 0.15) is 12.1 Å². The molecule has 21 heavy (non-hydrogen) atoms. The molecule has 6 nitrogen and oxygen atoms in total. The van der Waals surface area contributed by atoms with Crippen LogP contribution in [0.5, 0.6) is 0 Å². The summed E-state index contributed by atoms with van der Waals surface area (Å²) in [4.78, 5) is 22.9. The third-order valence-electron chi connectivity index (χ3n) is 3.81. The fraction of sp³-hybridized carbons (Fsp3) is 0.500. The number of amides is 1. The van der Waals surface area contributed by atoms with Gasteiger partial charge in [0.25, 0.3) is 5.91 Å². The van der Waals surface area contributed by atoms with Crippen molar-refractivity contribution in [1.82, 2.24) is 15.3 Å². The van der Waals surface area contributed by atoms with E-state index in [1.54, 1.807) is 17.7 Å². The molecule has 110 valence electrons. The van der Waals surface area contributed by atoms with Crippen LogP contribution < -0.4 is 10.2 Å². The molecule has 2 aromatic rings. The van der Waals surface area contributed by atoms with Crippen LogP contribution >= 0.6 is 11.3 Å². The third kappa shape index (κ3) is 2.58. The second kappa shape index (κ2) is 5.23. The lowest BCUT2D eigenvalue weighted by molar-refractivity contribution is -0.133. The number of carbonyl (C=O) groups excluding carboxylic acids is 1. The van der Waals surface area contributed by atoms with Gasteiger partial charge in [-0.1, -0.05) is 0 Å². The summed E-state index contributed by atoms with van der Waals surface area (Å²) in [6, 6.07) is 2.35. The van der Waals surface area contributed by atoms with Gasteiger partial charge in [0.2, 0.25) is 0 Å². The third-order valence-corrected chi connectivity index (χ3v) is 4.71. The Hall–Kier alpha value is -1.73. The van der Waals surface area contributed by atoms with Crippen molar-refractivity contribution < 1.29 is 9.53 Å². The predicted molar refractivity (Wildman–Crippen MR) is 80.5 cm³/mol. The van der Waals surface area contributed by atoms with E-state index in [9.17, 15) is 4.79 Å². The molecule has 2 aromatic heterocycles. The standard InChI is InChI=1S/C14H16N4O2S/c19-14(17-9-1-2-9)11-7-18(4-5-20-11)13-12-10(3-6-21-12)15-8-16-13/h3,6,8-9,11H,1-2,4-5,7H2,(H,17,19).